The predicted octanol–water partition coefficient (Wildman–Crippen LogP) is 4.08. The molecule has 0 fully saturated rings. The predicted molar refractivity (Wildman–Crippen MR) is 89.2 cm³/mol. The first-order chi connectivity index (χ1) is 12.3. The standard InChI is InChI=1S/C19H16F3NO3/c20-19(21,22)16-10-15(11-17(24)12-16)8-4-5-9-23-18(25)26-13-14-6-2-1-3-7-14/h1-3,6-7,10-12,24H,5,9,13H2,(H,23,25). The van der Waals surface area contributed by atoms with E-state index in [4.69, 9.17) is 4.74 Å². The summed E-state index contributed by atoms with van der Waals surface area (Å²) in [5.74, 6) is 4.66. The molecule has 0 spiro atoms. The fourth-order valence-electron chi connectivity index (χ4n) is 2.01. The van der Waals surface area contributed by atoms with Gasteiger partial charge in [0, 0.05) is 18.5 Å². The third kappa shape index (κ3) is 6.40. The molecule has 2 aromatic rings. The first-order valence-corrected chi connectivity index (χ1v) is 7.69. The molecule has 2 aromatic carbocycles. The lowest BCUT2D eigenvalue weighted by atomic mass is 10.1. The average Bonchev–Trinajstić information content (AvgIpc) is 2.59. The van der Waals surface area contributed by atoms with E-state index in [0.717, 1.165) is 17.7 Å². The molecule has 0 saturated heterocycles. The van der Waals surface area contributed by atoms with Crippen LogP contribution in [0.5, 0.6) is 5.75 Å². The fraction of sp³-hybridized carbons (Fsp3) is 0.211. The summed E-state index contributed by atoms with van der Waals surface area (Å²) in [5, 5.41) is 11.8. The zero-order valence-electron chi connectivity index (χ0n) is 13.6. The molecule has 1 amide bonds. The summed E-state index contributed by atoms with van der Waals surface area (Å²) in [6.07, 6.45) is -4.94. The van der Waals surface area contributed by atoms with Gasteiger partial charge in [0.25, 0.3) is 0 Å². The van der Waals surface area contributed by atoms with Crippen LogP contribution in [0.25, 0.3) is 0 Å². The van der Waals surface area contributed by atoms with Gasteiger partial charge in [0.2, 0.25) is 0 Å². The summed E-state index contributed by atoms with van der Waals surface area (Å²) in [6, 6.07) is 11.8. The normalized spacial score (nSPS) is 10.6. The van der Waals surface area contributed by atoms with Gasteiger partial charge < -0.3 is 15.2 Å². The van der Waals surface area contributed by atoms with Crippen molar-refractivity contribution in [2.24, 2.45) is 0 Å². The largest absolute Gasteiger partial charge is 0.508 e. The number of phenolic OH excluding ortho intramolecular Hbond substituents is 1. The van der Waals surface area contributed by atoms with E-state index >= 15 is 0 Å². The third-order valence-electron chi connectivity index (χ3n) is 3.21. The van der Waals surface area contributed by atoms with Crippen LogP contribution in [0.15, 0.2) is 48.5 Å². The number of carbonyl (C=O) groups excluding carboxylic acids is 1. The number of hydrogen-bond donors (Lipinski definition) is 2. The molecular formula is C19H16F3NO3. The smallest absolute Gasteiger partial charge is 0.416 e. The van der Waals surface area contributed by atoms with Gasteiger partial charge in [-0.25, -0.2) is 4.79 Å². The molecule has 26 heavy (non-hydrogen) atoms. The summed E-state index contributed by atoms with van der Waals surface area (Å²) >= 11 is 0. The van der Waals surface area contributed by atoms with Crippen molar-refractivity contribution in [2.75, 3.05) is 6.54 Å². The van der Waals surface area contributed by atoms with Crippen molar-refractivity contribution >= 4 is 6.09 Å². The molecule has 0 saturated carbocycles. The second-order valence-electron chi connectivity index (χ2n) is 5.31. The molecule has 0 bridgehead atoms. The highest BCUT2D eigenvalue weighted by atomic mass is 19.4. The second kappa shape index (κ2) is 8.81. The molecule has 4 nitrogen and oxygen atoms in total. The number of hydrogen-bond acceptors (Lipinski definition) is 3. The van der Waals surface area contributed by atoms with E-state index < -0.39 is 23.6 Å². The summed E-state index contributed by atoms with van der Waals surface area (Å²) in [6.45, 7) is 0.327. The molecule has 0 atom stereocenters. The van der Waals surface area contributed by atoms with E-state index in [-0.39, 0.29) is 25.1 Å². The molecule has 0 heterocycles. The van der Waals surface area contributed by atoms with Crippen molar-refractivity contribution < 1.29 is 27.8 Å². The molecule has 2 rings (SSSR count). The van der Waals surface area contributed by atoms with Crippen LogP contribution in [0.2, 0.25) is 0 Å². The van der Waals surface area contributed by atoms with Crippen LogP contribution in [0, 0.1) is 11.8 Å². The van der Waals surface area contributed by atoms with Crippen LogP contribution >= 0.6 is 0 Å². The highest BCUT2D eigenvalue weighted by Gasteiger charge is 2.31. The van der Waals surface area contributed by atoms with Gasteiger partial charge in [-0.2, -0.15) is 13.2 Å². The number of rotatable bonds is 4. The van der Waals surface area contributed by atoms with E-state index in [9.17, 15) is 23.1 Å². The molecule has 0 radical (unpaired) electrons. The quantitative estimate of drug-likeness (QED) is 0.636. The van der Waals surface area contributed by atoms with Crippen LogP contribution in [0.4, 0.5) is 18.0 Å². The van der Waals surface area contributed by atoms with Gasteiger partial charge in [0.1, 0.15) is 12.4 Å². The Morgan fingerprint density at radius 3 is 2.58 bits per heavy atom. The minimum atomic E-state index is -4.56. The van der Waals surface area contributed by atoms with Crippen molar-refractivity contribution in [3.8, 4) is 17.6 Å². The lowest BCUT2D eigenvalue weighted by molar-refractivity contribution is -0.137. The Hall–Kier alpha value is -3.14. The van der Waals surface area contributed by atoms with Gasteiger partial charge in [-0.15, -0.1) is 0 Å². The third-order valence-corrected chi connectivity index (χ3v) is 3.21. The Labute approximate surface area is 148 Å². The molecule has 0 aliphatic carbocycles. The summed E-state index contributed by atoms with van der Waals surface area (Å²) in [7, 11) is 0. The second-order valence-corrected chi connectivity index (χ2v) is 5.31. The SMILES string of the molecule is O=C(NCCC#Cc1cc(O)cc(C(F)(F)F)c1)OCc1ccccc1. The van der Waals surface area contributed by atoms with Gasteiger partial charge in [-0.05, 0) is 23.8 Å². The van der Waals surface area contributed by atoms with E-state index in [1.165, 1.54) is 0 Å². The van der Waals surface area contributed by atoms with Gasteiger partial charge in [-0.3, -0.25) is 0 Å². The van der Waals surface area contributed by atoms with Crippen molar-refractivity contribution in [1.29, 1.82) is 0 Å². The summed E-state index contributed by atoms with van der Waals surface area (Å²) < 4.78 is 43.0. The molecule has 0 unspecified atom stereocenters. The molecule has 2 N–H and O–H groups in total. The van der Waals surface area contributed by atoms with Gasteiger partial charge >= 0.3 is 12.3 Å². The van der Waals surface area contributed by atoms with Crippen LogP contribution in [-0.2, 0) is 17.5 Å². The van der Waals surface area contributed by atoms with Crippen LogP contribution in [-0.4, -0.2) is 17.7 Å². The summed E-state index contributed by atoms with van der Waals surface area (Å²) in [5.41, 5.74) is -0.0693. The van der Waals surface area contributed by atoms with Gasteiger partial charge in [0.05, 0.1) is 5.56 Å². The molecule has 136 valence electrons. The van der Waals surface area contributed by atoms with Crippen LogP contribution < -0.4 is 5.32 Å². The number of alkyl carbamates (subject to hydrolysis) is 1. The molecular weight excluding hydrogens is 347 g/mol. The Balaban J connectivity index is 1.78. The number of halogens is 3. The van der Waals surface area contributed by atoms with Crippen molar-refractivity contribution in [3.63, 3.8) is 0 Å². The van der Waals surface area contributed by atoms with Crippen LogP contribution in [0.1, 0.15) is 23.1 Å². The van der Waals surface area contributed by atoms with Crippen molar-refractivity contribution in [2.45, 2.75) is 19.2 Å². The number of benzene rings is 2. The molecule has 0 aliphatic heterocycles. The maximum absolute atomic E-state index is 12.7. The minimum Gasteiger partial charge on any atom is -0.508 e. The van der Waals surface area contributed by atoms with Crippen LogP contribution in [0.3, 0.4) is 0 Å². The fourth-order valence-corrected chi connectivity index (χ4v) is 2.01. The maximum Gasteiger partial charge on any atom is 0.416 e. The monoisotopic (exact) mass is 363 g/mol. The Morgan fingerprint density at radius 2 is 1.88 bits per heavy atom. The molecule has 7 heteroatoms. The Bertz CT molecular complexity index is 808. The first-order valence-electron chi connectivity index (χ1n) is 7.69. The lowest BCUT2D eigenvalue weighted by Gasteiger charge is -2.07. The van der Waals surface area contributed by atoms with E-state index in [0.29, 0.717) is 6.07 Å². The van der Waals surface area contributed by atoms with Crippen molar-refractivity contribution in [1.82, 2.24) is 5.32 Å². The number of phenols is 1. The van der Waals surface area contributed by atoms with Gasteiger partial charge in [0.15, 0.2) is 0 Å². The first kappa shape index (κ1) is 19.2. The number of ether oxygens (including phenoxy) is 1. The zero-order chi connectivity index (χ0) is 19.0. The Kier molecular flexibility index (Phi) is 6.50. The Morgan fingerprint density at radius 1 is 1.15 bits per heavy atom. The highest BCUT2D eigenvalue weighted by molar-refractivity contribution is 5.67. The number of aromatic hydroxyl groups is 1. The van der Waals surface area contributed by atoms with E-state index in [1.54, 1.807) is 0 Å². The lowest BCUT2D eigenvalue weighted by Crippen LogP contribution is -2.24. The zero-order valence-corrected chi connectivity index (χ0v) is 13.6. The van der Waals surface area contributed by atoms with E-state index in [2.05, 4.69) is 17.2 Å². The highest BCUT2D eigenvalue weighted by Crippen LogP contribution is 2.32. The number of amides is 1. The summed E-state index contributed by atoms with van der Waals surface area (Å²) in [4.78, 5) is 11.5. The number of carbonyl (C=O) groups is 1. The van der Waals surface area contributed by atoms with Gasteiger partial charge in [-0.1, -0.05) is 42.2 Å². The molecule has 0 aromatic heterocycles. The maximum atomic E-state index is 12.7. The minimum absolute atomic E-state index is 0.0454. The number of nitrogens with one attached hydrogen (secondary N) is 1. The van der Waals surface area contributed by atoms with E-state index in [1.807, 2.05) is 30.3 Å². The molecule has 0 aliphatic rings. The number of alkyl halides is 3. The topological polar surface area (TPSA) is 58.6 Å². The average molecular weight is 363 g/mol. The van der Waals surface area contributed by atoms with Crippen molar-refractivity contribution in [3.05, 3.63) is 65.2 Å².